The van der Waals surface area contributed by atoms with Crippen molar-refractivity contribution in [2.45, 2.75) is 44.8 Å². The summed E-state index contributed by atoms with van der Waals surface area (Å²) in [6, 6.07) is 5.27. The maximum Gasteiger partial charge on any atom is 0.461 e. The van der Waals surface area contributed by atoms with Gasteiger partial charge in [0, 0.05) is 6.04 Å². The van der Waals surface area contributed by atoms with Gasteiger partial charge in [-0.05, 0) is 24.1 Å². The van der Waals surface area contributed by atoms with Gasteiger partial charge in [-0.25, -0.2) is 0 Å². The fourth-order valence-electron chi connectivity index (χ4n) is 1.58. The van der Waals surface area contributed by atoms with Gasteiger partial charge in [0.1, 0.15) is 5.75 Å². The molecule has 0 amide bonds. The Morgan fingerprint density at radius 1 is 1.21 bits per heavy atom. The molecule has 0 heterocycles. The fraction of sp³-hybridized carbons (Fsp3) is 0.538. The molecule has 1 aromatic carbocycles. The van der Waals surface area contributed by atoms with E-state index in [0.29, 0.717) is 0 Å². The Labute approximate surface area is 109 Å². The number of hydrogen-bond acceptors (Lipinski definition) is 2. The molecule has 0 spiro atoms. The van der Waals surface area contributed by atoms with Crippen LogP contribution in [-0.4, -0.2) is 12.5 Å². The largest absolute Gasteiger partial charge is 0.461 e. The highest BCUT2D eigenvalue weighted by molar-refractivity contribution is 5.29. The minimum atomic E-state index is -4.48. The molecule has 6 heteroatoms. The van der Waals surface area contributed by atoms with Gasteiger partial charge >= 0.3 is 12.5 Å². The first-order valence-electron chi connectivity index (χ1n) is 6.07. The van der Waals surface area contributed by atoms with Crippen molar-refractivity contribution < 1.29 is 22.3 Å². The predicted molar refractivity (Wildman–Crippen MR) is 64.5 cm³/mol. The summed E-state index contributed by atoms with van der Waals surface area (Å²) in [6.45, 7) is 2.04. The lowest BCUT2D eigenvalue weighted by atomic mass is 10.0. The van der Waals surface area contributed by atoms with Crippen LogP contribution < -0.4 is 10.5 Å². The van der Waals surface area contributed by atoms with E-state index in [1.54, 1.807) is 0 Å². The molecule has 0 unspecified atom stereocenters. The maximum absolute atomic E-state index is 12.7. The van der Waals surface area contributed by atoms with E-state index >= 15 is 0 Å². The van der Waals surface area contributed by atoms with Gasteiger partial charge < -0.3 is 10.5 Å². The number of ether oxygens (including phenoxy) is 1. The molecule has 0 fully saturated rings. The van der Waals surface area contributed by atoms with Crippen molar-refractivity contribution >= 4 is 0 Å². The molecule has 0 bridgehead atoms. The molecule has 0 aliphatic rings. The Kier molecular flexibility index (Phi) is 5.60. The van der Waals surface area contributed by atoms with Gasteiger partial charge in [0.25, 0.3) is 0 Å². The summed E-state index contributed by atoms with van der Waals surface area (Å²) < 4.78 is 53.2. The number of hydrogen-bond donors (Lipinski definition) is 1. The summed E-state index contributed by atoms with van der Waals surface area (Å²) in [5, 5.41) is 0. The molecule has 1 aromatic rings. The normalized spacial score (nSPS) is 13.6. The number of nitrogens with two attached hydrogens (primary N) is 1. The minimum absolute atomic E-state index is 0.190. The van der Waals surface area contributed by atoms with Gasteiger partial charge in [-0.2, -0.15) is 17.6 Å². The zero-order valence-corrected chi connectivity index (χ0v) is 10.6. The Bertz CT molecular complexity index is 381. The molecule has 1 rings (SSSR count). The van der Waals surface area contributed by atoms with Crippen molar-refractivity contribution in [2.75, 3.05) is 0 Å². The lowest BCUT2D eigenvalue weighted by Gasteiger charge is -2.17. The number of unbranched alkanes of at least 4 members (excludes halogenated alkanes) is 1. The SMILES string of the molecule is CCCC[C@H](N)c1ccc(OC(F)(F)C(F)F)cc1. The molecular weight excluding hydrogens is 262 g/mol. The predicted octanol–water partition coefficient (Wildman–Crippen LogP) is 4.11. The van der Waals surface area contributed by atoms with Gasteiger partial charge in [-0.15, -0.1) is 0 Å². The quantitative estimate of drug-likeness (QED) is 0.762. The van der Waals surface area contributed by atoms with Crippen molar-refractivity contribution in [3.05, 3.63) is 29.8 Å². The van der Waals surface area contributed by atoms with Crippen LogP contribution in [0.5, 0.6) is 5.75 Å². The van der Waals surface area contributed by atoms with E-state index in [0.717, 1.165) is 24.8 Å². The molecule has 2 N–H and O–H groups in total. The van der Waals surface area contributed by atoms with Crippen molar-refractivity contribution in [1.82, 2.24) is 0 Å². The van der Waals surface area contributed by atoms with E-state index in [2.05, 4.69) is 4.74 Å². The van der Waals surface area contributed by atoms with Crippen LogP contribution in [0.25, 0.3) is 0 Å². The van der Waals surface area contributed by atoms with Crippen LogP contribution in [0, 0.1) is 0 Å². The van der Waals surface area contributed by atoms with Gasteiger partial charge in [-0.1, -0.05) is 31.9 Å². The van der Waals surface area contributed by atoms with E-state index in [9.17, 15) is 17.6 Å². The van der Waals surface area contributed by atoms with Crippen molar-refractivity contribution in [3.8, 4) is 5.75 Å². The van der Waals surface area contributed by atoms with Crippen molar-refractivity contribution in [2.24, 2.45) is 5.73 Å². The molecular formula is C13H17F4NO. The van der Waals surface area contributed by atoms with Gasteiger partial charge in [0.05, 0.1) is 0 Å². The molecule has 0 aromatic heterocycles. The van der Waals surface area contributed by atoms with Gasteiger partial charge in [0.15, 0.2) is 0 Å². The number of rotatable bonds is 7. The number of halogens is 4. The zero-order chi connectivity index (χ0) is 14.5. The summed E-state index contributed by atoms with van der Waals surface area (Å²) in [4.78, 5) is 0. The highest BCUT2D eigenvalue weighted by atomic mass is 19.3. The molecule has 0 saturated heterocycles. The van der Waals surface area contributed by atoms with E-state index < -0.39 is 12.5 Å². The second-order valence-corrected chi connectivity index (χ2v) is 4.28. The molecule has 0 saturated carbocycles. The highest BCUT2D eigenvalue weighted by Gasteiger charge is 2.43. The van der Waals surface area contributed by atoms with E-state index in [1.807, 2.05) is 6.92 Å². The van der Waals surface area contributed by atoms with E-state index in [1.165, 1.54) is 24.3 Å². The van der Waals surface area contributed by atoms with Gasteiger partial charge in [-0.3, -0.25) is 0 Å². The summed E-state index contributed by atoms with van der Waals surface area (Å²) >= 11 is 0. The smallest absolute Gasteiger partial charge is 0.428 e. The average molecular weight is 279 g/mol. The van der Waals surface area contributed by atoms with Crippen LogP contribution >= 0.6 is 0 Å². The Balaban J connectivity index is 2.66. The third-order valence-electron chi connectivity index (χ3n) is 2.68. The fourth-order valence-corrected chi connectivity index (χ4v) is 1.58. The van der Waals surface area contributed by atoms with E-state index in [4.69, 9.17) is 5.73 Å². The summed E-state index contributed by atoms with van der Waals surface area (Å²) in [6.07, 6.45) is -5.59. The van der Waals surface area contributed by atoms with Crippen LogP contribution in [0.2, 0.25) is 0 Å². The second kappa shape index (κ2) is 6.75. The van der Waals surface area contributed by atoms with Crippen LogP contribution in [0.3, 0.4) is 0 Å². The van der Waals surface area contributed by atoms with Crippen LogP contribution in [0.4, 0.5) is 17.6 Å². The third kappa shape index (κ3) is 4.70. The van der Waals surface area contributed by atoms with Crippen LogP contribution in [0.1, 0.15) is 37.8 Å². The monoisotopic (exact) mass is 279 g/mol. The highest BCUT2D eigenvalue weighted by Crippen LogP contribution is 2.28. The second-order valence-electron chi connectivity index (χ2n) is 4.28. The molecule has 0 radical (unpaired) electrons. The molecule has 108 valence electrons. The standard InChI is InChI=1S/C13H17F4NO/c1-2-3-4-11(18)9-5-7-10(8-6-9)19-13(16,17)12(14)15/h5-8,11-12H,2-4,18H2,1H3/t11-/m0/s1. The van der Waals surface area contributed by atoms with Crippen molar-refractivity contribution in [1.29, 1.82) is 0 Å². The third-order valence-corrected chi connectivity index (χ3v) is 2.68. The Morgan fingerprint density at radius 2 is 1.79 bits per heavy atom. The minimum Gasteiger partial charge on any atom is -0.428 e. The molecule has 1 atom stereocenters. The van der Waals surface area contributed by atoms with E-state index in [-0.39, 0.29) is 11.8 Å². The number of alkyl halides is 4. The summed E-state index contributed by atoms with van der Waals surface area (Å²) in [5.41, 5.74) is 6.66. The van der Waals surface area contributed by atoms with Crippen LogP contribution in [0.15, 0.2) is 24.3 Å². The van der Waals surface area contributed by atoms with Gasteiger partial charge in [0.2, 0.25) is 0 Å². The Hall–Kier alpha value is -1.30. The molecule has 0 aliphatic carbocycles. The first-order valence-corrected chi connectivity index (χ1v) is 6.07. The first-order chi connectivity index (χ1) is 8.86. The lowest BCUT2D eigenvalue weighted by Crippen LogP contribution is -2.33. The summed E-state index contributed by atoms with van der Waals surface area (Å²) in [5.74, 6) is -0.309. The molecule has 2 nitrogen and oxygen atoms in total. The zero-order valence-electron chi connectivity index (χ0n) is 10.6. The van der Waals surface area contributed by atoms with Crippen LogP contribution in [-0.2, 0) is 0 Å². The first kappa shape index (κ1) is 15.8. The maximum atomic E-state index is 12.7. The summed E-state index contributed by atoms with van der Waals surface area (Å²) in [7, 11) is 0. The molecule has 0 aliphatic heterocycles. The molecule has 19 heavy (non-hydrogen) atoms. The topological polar surface area (TPSA) is 35.2 Å². The lowest BCUT2D eigenvalue weighted by molar-refractivity contribution is -0.253. The van der Waals surface area contributed by atoms with Crippen molar-refractivity contribution in [3.63, 3.8) is 0 Å². The average Bonchev–Trinajstić information content (AvgIpc) is 2.36. The number of benzene rings is 1. The Morgan fingerprint density at radius 3 is 2.26 bits per heavy atom.